The third-order valence-electron chi connectivity index (χ3n) is 4.41. The Hall–Kier alpha value is -3.25. The Balaban J connectivity index is 1.79. The van der Waals surface area contributed by atoms with Gasteiger partial charge in [0.2, 0.25) is 0 Å². The average molecular weight is 391 g/mol. The number of hydrogen-bond acceptors (Lipinski definition) is 3. The quantitative estimate of drug-likeness (QED) is 0.492. The minimum atomic E-state index is -0.349. The molecule has 4 rings (SSSR count). The second kappa shape index (κ2) is 7.40. The van der Waals surface area contributed by atoms with E-state index in [0.29, 0.717) is 11.4 Å². The number of carbonyl (C=O) groups is 1. The van der Waals surface area contributed by atoms with Crippen LogP contribution in [-0.2, 0) is 0 Å². The van der Waals surface area contributed by atoms with Crippen LogP contribution < -0.4 is 5.32 Å². The van der Waals surface area contributed by atoms with E-state index in [0.717, 1.165) is 27.4 Å². The Bertz CT molecular complexity index is 1130. The molecule has 0 unspecified atom stereocenters. The van der Waals surface area contributed by atoms with Gasteiger partial charge >= 0.3 is 0 Å². The summed E-state index contributed by atoms with van der Waals surface area (Å²) in [4.78, 5) is 14.0. The standard InChI is InChI=1S/C22H18FN3OS/c1-14-5-6-15(2)19(12-14)26-20(13-18(25-26)21-4-3-11-28-21)22(27)24-17-9-7-16(23)8-10-17/h3-13H,1-2H3,(H,24,27). The largest absolute Gasteiger partial charge is 0.321 e. The summed E-state index contributed by atoms with van der Waals surface area (Å²) in [5, 5.41) is 9.51. The molecule has 0 aliphatic carbocycles. The number of nitrogens with zero attached hydrogens (tertiary/aromatic N) is 2. The van der Waals surface area contributed by atoms with Crippen molar-refractivity contribution in [3.05, 3.63) is 88.7 Å². The molecule has 0 fully saturated rings. The van der Waals surface area contributed by atoms with Crippen molar-refractivity contribution in [3.63, 3.8) is 0 Å². The maximum absolute atomic E-state index is 13.1. The van der Waals surface area contributed by atoms with Gasteiger partial charge in [-0.1, -0.05) is 18.2 Å². The first-order valence-corrected chi connectivity index (χ1v) is 9.68. The molecule has 140 valence electrons. The van der Waals surface area contributed by atoms with Gasteiger partial charge in [-0.05, 0) is 72.8 Å². The van der Waals surface area contributed by atoms with Crippen LogP contribution in [-0.4, -0.2) is 15.7 Å². The van der Waals surface area contributed by atoms with Crippen LogP contribution in [0.25, 0.3) is 16.3 Å². The van der Waals surface area contributed by atoms with Gasteiger partial charge in [-0.2, -0.15) is 5.10 Å². The van der Waals surface area contributed by atoms with Crippen LogP contribution in [0.3, 0.4) is 0 Å². The molecule has 0 bridgehead atoms. The zero-order valence-electron chi connectivity index (χ0n) is 15.4. The van der Waals surface area contributed by atoms with E-state index in [1.165, 1.54) is 24.3 Å². The van der Waals surface area contributed by atoms with E-state index in [-0.39, 0.29) is 11.7 Å². The van der Waals surface area contributed by atoms with Crippen LogP contribution in [0, 0.1) is 19.7 Å². The van der Waals surface area contributed by atoms with Crippen LogP contribution in [0.2, 0.25) is 0 Å². The number of rotatable bonds is 4. The number of carbonyl (C=O) groups excluding carboxylic acids is 1. The third-order valence-corrected chi connectivity index (χ3v) is 5.30. The summed E-state index contributed by atoms with van der Waals surface area (Å²) in [7, 11) is 0. The Kier molecular flexibility index (Phi) is 4.79. The first-order valence-electron chi connectivity index (χ1n) is 8.80. The van der Waals surface area contributed by atoms with Crippen molar-refractivity contribution < 1.29 is 9.18 Å². The van der Waals surface area contributed by atoms with E-state index in [4.69, 9.17) is 5.10 Å². The monoisotopic (exact) mass is 391 g/mol. The van der Waals surface area contributed by atoms with E-state index >= 15 is 0 Å². The normalized spacial score (nSPS) is 10.8. The van der Waals surface area contributed by atoms with E-state index in [2.05, 4.69) is 5.32 Å². The van der Waals surface area contributed by atoms with Crippen molar-refractivity contribution in [1.82, 2.24) is 9.78 Å². The van der Waals surface area contributed by atoms with Crippen LogP contribution in [0.1, 0.15) is 21.6 Å². The first kappa shape index (κ1) is 18.1. The summed E-state index contributed by atoms with van der Waals surface area (Å²) in [6.45, 7) is 3.99. The third kappa shape index (κ3) is 3.59. The molecule has 0 radical (unpaired) electrons. The van der Waals surface area contributed by atoms with Crippen molar-refractivity contribution in [2.45, 2.75) is 13.8 Å². The van der Waals surface area contributed by atoms with Gasteiger partial charge in [-0.15, -0.1) is 11.3 Å². The predicted molar refractivity (Wildman–Crippen MR) is 111 cm³/mol. The summed E-state index contributed by atoms with van der Waals surface area (Å²) in [5.41, 5.74) is 4.63. The molecular formula is C22H18FN3OS. The van der Waals surface area contributed by atoms with Gasteiger partial charge in [0, 0.05) is 5.69 Å². The fourth-order valence-electron chi connectivity index (χ4n) is 2.95. The van der Waals surface area contributed by atoms with Gasteiger partial charge in [-0.3, -0.25) is 4.79 Å². The van der Waals surface area contributed by atoms with Crippen LogP contribution >= 0.6 is 11.3 Å². The molecular weight excluding hydrogens is 373 g/mol. The number of hydrogen-bond donors (Lipinski definition) is 1. The van der Waals surface area contributed by atoms with Crippen molar-refractivity contribution in [2.24, 2.45) is 0 Å². The van der Waals surface area contributed by atoms with Crippen LogP contribution in [0.5, 0.6) is 0 Å². The molecule has 2 aromatic heterocycles. The minimum absolute atomic E-state index is 0.303. The summed E-state index contributed by atoms with van der Waals surface area (Å²) < 4.78 is 14.8. The molecule has 0 saturated heterocycles. The SMILES string of the molecule is Cc1ccc(C)c(-n2nc(-c3cccs3)cc2C(=O)Nc2ccc(F)cc2)c1. The summed E-state index contributed by atoms with van der Waals surface area (Å²) in [5.74, 6) is -0.652. The van der Waals surface area contributed by atoms with Crippen molar-refractivity contribution in [2.75, 3.05) is 5.32 Å². The number of aryl methyl sites for hydroxylation is 2. The number of aromatic nitrogens is 2. The average Bonchev–Trinajstić information content (AvgIpc) is 3.35. The molecule has 0 spiro atoms. The lowest BCUT2D eigenvalue weighted by Crippen LogP contribution is -2.17. The van der Waals surface area contributed by atoms with Gasteiger partial charge in [-0.25, -0.2) is 9.07 Å². The zero-order valence-corrected chi connectivity index (χ0v) is 16.3. The van der Waals surface area contributed by atoms with E-state index in [1.807, 2.05) is 49.6 Å². The van der Waals surface area contributed by atoms with Crippen molar-refractivity contribution >= 4 is 22.9 Å². The minimum Gasteiger partial charge on any atom is -0.321 e. The molecule has 0 aliphatic rings. The summed E-state index contributed by atoms with van der Waals surface area (Å²) in [6, 6.07) is 17.5. The van der Waals surface area contributed by atoms with Crippen LogP contribution in [0.15, 0.2) is 66.0 Å². The van der Waals surface area contributed by atoms with E-state index in [1.54, 1.807) is 22.1 Å². The lowest BCUT2D eigenvalue weighted by atomic mass is 10.1. The highest BCUT2D eigenvalue weighted by molar-refractivity contribution is 7.13. The molecule has 6 heteroatoms. The molecule has 28 heavy (non-hydrogen) atoms. The fraction of sp³-hybridized carbons (Fsp3) is 0.0909. The van der Waals surface area contributed by atoms with Gasteiger partial charge in [0.1, 0.15) is 17.2 Å². The lowest BCUT2D eigenvalue weighted by molar-refractivity contribution is 0.101. The van der Waals surface area contributed by atoms with E-state index < -0.39 is 0 Å². The van der Waals surface area contributed by atoms with Gasteiger partial charge in [0.25, 0.3) is 5.91 Å². The molecule has 4 nitrogen and oxygen atoms in total. The van der Waals surface area contributed by atoms with Crippen LogP contribution in [0.4, 0.5) is 10.1 Å². The van der Waals surface area contributed by atoms with Crippen molar-refractivity contribution in [3.8, 4) is 16.3 Å². The van der Waals surface area contributed by atoms with Gasteiger partial charge < -0.3 is 5.32 Å². The molecule has 0 aliphatic heterocycles. The topological polar surface area (TPSA) is 46.9 Å². The zero-order chi connectivity index (χ0) is 19.7. The molecule has 1 amide bonds. The second-order valence-corrected chi connectivity index (χ2v) is 7.50. The predicted octanol–water partition coefficient (Wildman–Crippen LogP) is 5.61. The first-order chi connectivity index (χ1) is 13.5. The summed E-state index contributed by atoms with van der Waals surface area (Å²) >= 11 is 1.57. The highest BCUT2D eigenvalue weighted by atomic mass is 32.1. The number of nitrogens with one attached hydrogen (secondary N) is 1. The number of thiophene rings is 1. The molecule has 0 saturated carbocycles. The smallest absolute Gasteiger partial charge is 0.274 e. The number of anilines is 1. The van der Waals surface area contributed by atoms with Gasteiger partial charge in [0.15, 0.2) is 0 Å². The van der Waals surface area contributed by atoms with E-state index in [9.17, 15) is 9.18 Å². The number of halogens is 1. The fourth-order valence-corrected chi connectivity index (χ4v) is 3.63. The number of benzene rings is 2. The maximum atomic E-state index is 13.1. The van der Waals surface area contributed by atoms with Crippen molar-refractivity contribution in [1.29, 1.82) is 0 Å². The highest BCUT2D eigenvalue weighted by Gasteiger charge is 2.19. The Labute approximate surface area is 166 Å². The molecule has 0 atom stereocenters. The lowest BCUT2D eigenvalue weighted by Gasteiger charge is -2.11. The second-order valence-electron chi connectivity index (χ2n) is 6.55. The Morgan fingerprint density at radius 2 is 1.86 bits per heavy atom. The maximum Gasteiger partial charge on any atom is 0.274 e. The van der Waals surface area contributed by atoms with Gasteiger partial charge in [0.05, 0.1) is 10.6 Å². The molecule has 4 aromatic rings. The number of amides is 1. The molecule has 1 N–H and O–H groups in total. The highest BCUT2D eigenvalue weighted by Crippen LogP contribution is 2.27. The molecule has 2 aromatic carbocycles. The summed E-state index contributed by atoms with van der Waals surface area (Å²) in [6.07, 6.45) is 0. The Morgan fingerprint density at radius 3 is 2.57 bits per heavy atom. The Morgan fingerprint density at radius 1 is 1.07 bits per heavy atom. The molecule has 2 heterocycles.